The van der Waals surface area contributed by atoms with Crippen LogP contribution in [0.1, 0.15) is 24.2 Å². The van der Waals surface area contributed by atoms with Crippen LogP contribution in [0.5, 0.6) is 0 Å². The zero-order valence-electron chi connectivity index (χ0n) is 16.0. The minimum atomic E-state index is 0.650. The Balaban J connectivity index is 1.34. The lowest BCUT2D eigenvalue weighted by Gasteiger charge is -2.21. The summed E-state index contributed by atoms with van der Waals surface area (Å²) in [6.45, 7) is 1.72. The van der Waals surface area contributed by atoms with Gasteiger partial charge in [0.05, 0.1) is 6.54 Å². The van der Waals surface area contributed by atoms with E-state index < -0.39 is 0 Å². The summed E-state index contributed by atoms with van der Waals surface area (Å²) >= 11 is 0. The Morgan fingerprint density at radius 2 is 1.75 bits per heavy atom. The standard InChI is InChI=1S/C23H23N5/c1-27-11-10-24-22(27)16-28(21-8-9-21)15-17-13-25-23(26-14-17)20-7-6-18-4-2-3-5-19(18)12-20/h2-7,10-14,21H,8-9,15-16H2,1H3. The largest absolute Gasteiger partial charge is 0.337 e. The Kier molecular flexibility index (Phi) is 4.37. The lowest BCUT2D eigenvalue weighted by molar-refractivity contribution is 0.236. The Bertz CT molecular complexity index is 1100. The summed E-state index contributed by atoms with van der Waals surface area (Å²) in [4.78, 5) is 16.2. The number of hydrogen-bond acceptors (Lipinski definition) is 4. The fourth-order valence-corrected chi connectivity index (χ4v) is 3.63. The molecule has 5 heteroatoms. The van der Waals surface area contributed by atoms with E-state index in [1.54, 1.807) is 0 Å². The molecule has 2 aromatic carbocycles. The zero-order chi connectivity index (χ0) is 18.9. The van der Waals surface area contributed by atoms with E-state index in [0.29, 0.717) is 6.04 Å². The van der Waals surface area contributed by atoms with E-state index in [1.165, 1.54) is 23.6 Å². The molecule has 4 aromatic rings. The number of aryl methyl sites for hydroxylation is 1. The smallest absolute Gasteiger partial charge is 0.159 e. The predicted octanol–water partition coefficient (Wildman–Crippen LogP) is 4.19. The Labute approximate surface area is 164 Å². The van der Waals surface area contributed by atoms with E-state index in [-0.39, 0.29) is 0 Å². The maximum Gasteiger partial charge on any atom is 0.159 e. The van der Waals surface area contributed by atoms with Gasteiger partial charge in [0.15, 0.2) is 5.82 Å². The molecule has 28 heavy (non-hydrogen) atoms. The third kappa shape index (κ3) is 3.53. The number of nitrogens with zero attached hydrogens (tertiary/aromatic N) is 5. The molecule has 1 fully saturated rings. The highest BCUT2D eigenvalue weighted by atomic mass is 15.2. The van der Waals surface area contributed by atoms with E-state index >= 15 is 0 Å². The molecular weight excluding hydrogens is 346 g/mol. The summed E-state index contributed by atoms with van der Waals surface area (Å²) in [6.07, 6.45) is 10.3. The first kappa shape index (κ1) is 17.1. The summed E-state index contributed by atoms with van der Waals surface area (Å²) in [5.74, 6) is 1.87. The molecular formula is C23H23N5. The number of aromatic nitrogens is 4. The fourth-order valence-electron chi connectivity index (χ4n) is 3.63. The first-order chi connectivity index (χ1) is 13.8. The van der Waals surface area contributed by atoms with Crippen molar-refractivity contribution >= 4 is 10.8 Å². The normalized spacial score (nSPS) is 14.1. The fraction of sp³-hybridized carbons (Fsp3) is 0.261. The van der Waals surface area contributed by atoms with Gasteiger partial charge in [-0.3, -0.25) is 4.90 Å². The quantitative estimate of drug-likeness (QED) is 0.511. The molecule has 0 radical (unpaired) electrons. The molecule has 5 rings (SSSR count). The van der Waals surface area contributed by atoms with Crippen molar-refractivity contribution in [2.75, 3.05) is 0 Å². The van der Waals surface area contributed by atoms with Gasteiger partial charge < -0.3 is 4.57 Å². The van der Waals surface area contributed by atoms with E-state index in [2.05, 4.69) is 73.9 Å². The van der Waals surface area contributed by atoms with Gasteiger partial charge in [0, 0.05) is 55.5 Å². The Hall–Kier alpha value is -3.05. The van der Waals surface area contributed by atoms with Gasteiger partial charge in [0.1, 0.15) is 5.82 Å². The van der Waals surface area contributed by atoms with Crippen molar-refractivity contribution in [3.63, 3.8) is 0 Å². The Morgan fingerprint density at radius 3 is 2.46 bits per heavy atom. The highest BCUT2D eigenvalue weighted by Crippen LogP contribution is 2.29. The van der Waals surface area contributed by atoms with Crippen LogP contribution >= 0.6 is 0 Å². The van der Waals surface area contributed by atoms with Crippen molar-refractivity contribution in [2.24, 2.45) is 7.05 Å². The summed E-state index contributed by atoms with van der Waals surface area (Å²) in [6, 6.07) is 15.4. The first-order valence-electron chi connectivity index (χ1n) is 9.76. The minimum absolute atomic E-state index is 0.650. The number of benzene rings is 2. The lowest BCUT2D eigenvalue weighted by Crippen LogP contribution is -2.26. The SMILES string of the molecule is Cn1ccnc1CN(Cc1cnc(-c2ccc3ccccc3c2)nc1)C1CC1. The number of fused-ring (bicyclic) bond motifs is 1. The van der Waals surface area contributed by atoms with Crippen LogP contribution in [0.25, 0.3) is 22.2 Å². The second-order valence-corrected chi connectivity index (χ2v) is 7.57. The van der Waals surface area contributed by atoms with Gasteiger partial charge in [-0.2, -0.15) is 0 Å². The van der Waals surface area contributed by atoms with Crippen molar-refractivity contribution in [1.82, 2.24) is 24.4 Å². The Morgan fingerprint density at radius 1 is 0.964 bits per heavy atom. The second-order valence-electron chi connectivity index (χ2n) is 7.57. The molecule has 0 unspecified atom stereocenters. The van der Waals surface area contributed by atoms with Crippen LogP contribution in [0.4, 0.5) is 0 Å². The molecule has 2 aromatic heterocycles. The van der Waals surface area contributed by atoms with E-state index in [1.807, 2.05) is 24.8 Å². The van der Waals surface area contributed by atoms with Crippen molar-refractivity contribution in [2.45, 2.75) is 32.0 Å². The molecule has 0 spiro atoms. The van der Waals surface area contributed by atoms with Gasteiger partial charge in [-0.05, 0) is 29.7 Å². The molecule has 1 aliphatic rings. The summed E-state index contributed by atoms with van der Waals surface area (Å²) < 4.78 is 2.09. The molecule has 0 atom stereocenters. The molecule has 2 heterocycles. The number of imidazole rings is 1. The zero-order valence-corrected chi connectivity index (χ0v) is 16.0. The molecule has 0 aliphatic heterocycles. The predicted molar refractivity (Wildman–Crippen MR) is 110 cm³/mol. The van der Waals surface area contributed by atoms with Crippen molar-refractivity contribution in [3.8, 4) is 11.4 Å². The lowest BCUT2D eigenvalue weighted by atomic mass is 10.1. The van der Waals surface area contributed by atoms with E-state index in [4.69, 9.17) is 0 Å². The summed E-state index contributed by atoms with van der Waals surface area (Å²) in [5, 5.41) is 2.44. The molecule has 1 aliphatic carbocycles. The maximum absolute atomic E-state index is 4.64. The van der Waals surface area contributed by atoms with Gasteiger partial charge >= 0.3 is 0 Å². The molecule has 0 amide bonds. The van der Waals surface area contributed by atoms with Gasteiger partial charge in [0.2, 0.25) is 0 Å². The minimum Gasteiger partial charge on any atom is -0.337 e. The molecule has 1 saturated carbocycles. The van der Waals surface area contributed by atoms with E-state index in [9.17, 15) is 0 Å². The van der Waals surface area contributed by atoms with Crippen LogP contribution < -0.4 is 0 Å². The third-order valence-corrected chi connectivity index (χ3v) is 5.43. The molecule has 0 bridgehead atoms. The monoisotopic (exact) mass is 369 g/mol. The number of rotatable bonds is 6. The number of hydrogen-bond donors (Lipinski definition) is 0. The van der Waals surface area contributed by atoms with Crippen molar-refractivity contribution in [1.29, 1.82) is 0 Å². The molecule has 5 nitrogen and oxygen atoms in total. The van der Waals surface area contributed by atoms with Gasteiger partial charge in [0.25, 0.3) is 0 Å². The van der Waals surface area contributed by atoms with Crippen molar-refractivity contribution < 1.29 is 0 Å². The summed E-state index contributed by atoms with van der Waals surface area (Å²) in [7, 11) is 2.05. The topological polar surface area (TPSA) is 46.8 Å². The second kappa shape index (κ2) is 7.17. The first-order valence-corrected chi connectivity index (χ1v) is 9.76. The van der Waals surface area contributed by atoms with Gasteiger partial charge in [-0.25, -0.2) is 15.0 Å². The summed E-state index contributed by atoms with van der Waals surface area (Å²) in [5.41, 5.74) is 2.20. The van der Waals surface area contributed by atoms with E-state index in [0.717, 1.165) is 35.9 Å². The third-order valence-electron chi connectivity index (χ3n) is 5.43. The van der Waals surface area contributed by atoms with Crippen molar-refractivity contribution in [3.05, 3.63) is 78.6 Å². The van der Waals surface area contributed by atoms with Crippen LogP contribution in [0.3, 0.4) is 0 Å². The highest BCUT2D eigenvalue weighted by molar-refractivity contribution is 5.86. The maximum atomic E-state index is 4.64. The van der Waals surface area contributed by atoms with Crippen LogP contribution in [0.15, 0.2) is 67.3 Å². The highest BCUT2D eigenvalue weighted by Gasteiger charge is 2.29. The van der Waals surface area contributed by atoms with Crippen LogP contribution in [0, 0.1) is 0 Å². The van der Waals surface area contributed by atoms with Crippen LogP contribution in [-0.2, 0) is 20.1 Å². The molecule has 0 saturated heterocycles. The average molecular weight is 369 g/mol. The van der Waals surface area contributed by atoms with Gasteiger partial charge in [-0.15, -0.1) is 0 Å². The molecule has 0 N–H and O–H groups in total. The van der Waals surface area contributed by atoms with Crippen LogP contribution in [0.2, 0.25) is 0 Å². The molecule has 140 valence electrons. The van der Waals surface area contributed by atoms with Crippen LogP contribution in [-0.4, -0.2) is 30.5 Å². The van der Waals surface area contributed by atoms with Gasteiger partial charge in [-0.1, -0.05) is 36.4 Å². The average Bonchev–Trinajstić information content (AvgIpc) is 3.51.